The molecule has 4 aromatic carbocycles. The normalized spacial score (nSPS) is 15.6. The van der Waals surface area contributed by atoms with E-state index in [4.69, 9.17) is 23.7 Å². The van der Waals surface area contributed by atoms with Crippen molar-refractivity contribution in [2.24, 2.45) is 4.99 Å². The summed E-state index contributed by atoms with van der Waals surface area (Å²) in [6.07, 6.45) is 4.50. The lowest BCUT2D eigenvalue weighted by Crippen LogP contribution is -2.35. The first-order valence-electron chi connectivity index (χ1n) is 14.2. The van der Waals surface area contributed by atoms with Gasteiger partial charge in [0.15, 0.2) is 23.0 Å². The third kappa shape index (κ3) is 5.44. The molecule has 0 aliphatic carbocycles. The van der Waals surface area contributed by atoms with Crippen LogP contribution in [0.5, 0.6) is 28.7 Å². The van der Waals surface area contributed by atoms with Crippen LogP contribution in [0.25, 0.3) is 21.9 Å². The van der Waals surface area contributed by atoms with Crippen molar-refractivity contribution in [1.82, 2.24) is 4.90 Å². The van der Waals surface area contributed by atoms with Crippen LogP contribution in [0.4, 0.5) is 5.69 Å². The Hall–Kier alpha value is -4.72. The molecular weight excluding hydrogens is 532 g/mol. The Morgan fingerprint density at radius 1 is 0.762 bits per heavy atom. The Kier molecular flexibility index (Phi) is 7.86. The second-order valence-electron chi connectivity index (χ2n) is 10.4. The molecule has 4 aromatic rings. The summed E-state index contributed by atoms with van der Waals surface area (Å²) in [7, 11) is 4.86. The highest BCUT2D eigenvalue weighted by atomic mass is 16.5. The van der Waals surface area contributed by atoms with Crippen LogP contribution in [0.15, 0.2) is 71.7 Å². The summed E-state index contributed by atoms with van der Waals surface area (Å²) in [5, 5.41) is 2.22. The summed E-state index contributed by atoms with van der Waals surface area (Å²) >= 11 is 0. The Bertz CT molecular complexity index is 1650. The number of rotatable bonds is 10. The van der Waals surface area contributed by atoms with Gasteiger partial charge >= 0.3 is 0 Å². The Morgan fingerprint density at radius 3 is 2.31 bits per heavy atom. The van der Waals surface area contributed by atoms with E-state index in [-0.39, 0.29) is 11.9 Å². The second-order valence-corrected chi connectivity index (χ2v) is 10.4. The quantitative estimate of drug-likeness (QED) is 0.199. The van der Waals surface area contributed by atoms with Gasteiger partial charge in [0.1, 0.15) is 5.75 Å². The first-order valence-corrected chi connectivity index (χ1v) is 14.2. The highest BCUT2D eigenvalue weighted by molar-refractivity contribution is 6.03. The van der Waals surface area contributed by atoms with Gasteiger partial charge < -0.3 is 28.6 Å². The Labute approximate surface area is 245 Å². The van der Waals surface area contributed by atoms with E-state index in [1.165, 1.54) is 0 Å². The number of fused-ring (bicyclic) bond motifs is 3. The fraction of sp³-hybridized carbons (Fsp3) is 0.294. The number of carbonyl (C=O) groups is 1. The number of nitrogens with zero attached hydrogens (tertiary/aromatic N) is 2. The van der Waals surface area contributed by atoms with Gasteiger partial charge in [-0.25, -0.2) is 0 Å². The van der Waals surface area contributed by atoms with Crippen LogP contribution >= 0.6 is 0 Å². The van der Waals surface area contributed by atoms with E-state index in [1.54, 1.807) is 33.5 Å². The van der Waals surface area contributed by atoms with E-state index in [2.05, 4.69) is 29.3 Å². The third-order valence-electron chi connectivity index (χ3n) is 7.80. The number of ether oxygens (including phenoxy) is 5. The maximum Gasteiger partial charge on any atom is 0.256 e. The summed E-state index contributed by atoms with van der Waals surface area (Å²) in [6.45, 7) is 1.69. The number of aliphatic imine (C=N–C) groups is 1. The number of hydrogen-bond donors (Lipinski definition) is 0. The van der Waals surface area contributed by atoms with Crippen molar-refractivity contribution in [3.8, 4) is 39.9 Å². The number of carbonyl (C=O) groups excluding carboxylic acids is 1. The standard InChI is InChI=1S/C34H34N2O6/c1-38-30-12-10-25(18-31(30)39-2)22-7-8-24-17-27(11-9-23(24)16-22)41-14-5-15-42-33-20-29-28(19-32(33)40-3)34(37)36-13-4-6-26(36)21-35-29/h7-12,16-21,26H,4-6,13-15H2,1-3H3/t26-/m0/s1. The summed E-state index contributed by atoms with van der Waals surface area (Å²) in [5.74, 6) is 3.30. The van der Waals surface area contributed by atoms with Crippen molar-refractivity contribution in [1.29, 1.82) is 0 Å². The summed E-state index contributed by atoms with van der Waals surface area (Å²) in [5.41, 5.74) is 3.32. The molecule has 8 nitrogen and oxygen atoms in total. The molecule has 0 bridgehead atoms. The van der Waals surface area contributed by atoms with E-state index >= 15 is 0 Å². The highest BCUT2D eigenvalue weighted by Gasteiger charge is 2.32. The molecule has 0 saturated carbocycles. The largest absolute Gasteiger partial charge is 0.493 e. The molecule has 1 saturated heterocycles. The maximum absolute atomic E-state index is 13.1. The first kappa shape index (κ1) is 27.4. The van der Waals surface area contributed by atoms with Gasteiger partial charge in [-0.1, -0.05) is 24.3 Å². The van der Waals surface area contributed by atoms with Crippen LogP contribution in [0.2, 0.25) is 0 Å². The molecule has 0 unspecified atom stereocenters. The van der Waals surface area contributed by atoms with Gasteiger partial charge in [-0.15, -0.1) is 0 Å². The van der Waals surface area contributed by atoms with Crippen LogP contribution in [0, 0.1) is 0 Å². The van der Waals surface area contributed by atoms with Gasteiger partial charge in [-0.2, -0.15) is 0 Å². The highest BCUT2D eigenvalue weighted by Crippen LogP contribution is 2.38. The molecule has 0 spiro atoms. The molecule has 8 heteroatoms. The van der Waals surface area contributed by atoms with Gasteiger partial charge in [0, 0.05) is 25.2 Å². The minimum Gasteiger partial charge on any atom is -0.493 e. The lowest BCUT2D eigenvalue weighted by Gasteiger charge is -2.20. The number of amides is 1. The average Bonchev–Trinajstić information content (AvgIpc) is 3.46. The van der Waals surface area contributed by atoms with Crippen LogP contribution in [-0.4, -0.2) is 64.2 Å². The van der Waals surface area contributed by atoms with Crippen LogP contribution < -0.4 is 23.7 Å². The molecule has 1 amide bonds. The van der Waals surface area contributed by atoms with Crippen LogP contribution in [0.3, 0.4) is 0 Å². The van der Waals surface area contributed by atoms with Gasteiger partial charge in [0.05, 0.1) is 51.8 Å². The summed E-state index contributed by atoms with van der Waals surface area (Å²) in [6, 6.07) is 22.0. The van der Waals surface area contributed by atoms with E-state index in [1.807, 2.05) is 41.4 Å². The van der Waals surface area contributed by atoms with Crippen molar-refractivity contribution in [2.75, 3.05) is 41.1 Å². The summed E-state index contributed by atoms with van der Waals surface area (Å²) in [4.78, 5) is 19.6. The zero-order valence-corrected chi connectivity index (χ0v) is 24.1. The zero-order chi connectivity index (χ0) is 29.1. The zero-order valence-electron chi connectivity index (χ0n) is 24.1. The molecule has 2 aliphatic rings. The number of hydrogen-bond acceptors (Lipinski definition) is 7. The van der Waals surface area contributed by atoms with Gasteiger partial charge in [-0.3, -0.25) is 9.79 Å². The molecule has 0 N–H and O–H groups in total. The maximum atomic E-state index is 13.1. The monoisotopic (exact) mass is 566 g/mol. The molecule has 2 aliphatic heterocycles. The lowest BCUT2D eigenvalue weighted by atomic mass is 10.0. The fourth-order valence-electron chi connectivity index (χ4n) is 5.56. The molecule has 42 heavy (non-hydrogen) atoms. The Morgan fingerprint density at radius 2 is 1.48 bits per heavy atom. The van der Waals surface area contributed by atoms with E-state index in [0.717, 1.165) is 47.0 Å². The van der Waals surface area contributed by atoms with E-state index < -0.39 is 0 Å². The van der Waals surface area contributed by atoms with E-state index in [0.29, 0.717) is 53.9 Å². The van der Waals surface area contributed by atoms with Crippen molar-refractivity contribution in [2.45, 2.75) is 25.3 Å². The van der Waals surface area contributed by atoms with Crippen molar-refractivity contribution in [3.05, 3.63) is 72.3 Å². The SMILES string of the molecule is COc1ccc(-c2ccc3cc(OCCCOc4cc5c(cc4OC)C(=O)N4CCC[C@H]4C=N5)ccc3c2)cc1OC. The molecule has 2 heterocycles. The lowest BCUT2D eigenvalue weighted by molar-refractivity contribution is 0.0774. The van der Waals surface area contributed by atoms with Crippen molar-refractivity contribution in [3.63, 3.8) is 0 Å². The molecule has 0 radical (unpaired) electrons. The van der Waals surface area contributed by atoms with Gasteiger partial charge in [-0.05, 0) is 71.1 Å². The average molecular weight is 567 g/mol. The first-order chi connectivity index (χ1) is 20.6. The van der Waals surface area contributed by atoms with Crippen LogP contribution in [0.1, 0.15) is 29.6 Å². The van der Waals surface area contributed by atoms with Gasteiger partial charge in [0.25, 0.3) is 5.91 Å². The molecule has 6 rings (SSSR count). The van der Waals surface area contributed by atoms with Gasteiger partial charge in [0.2, 0.25) is 0 Å². The second kappa shape index (κ2) is 12.0. The van der Waals surface area contributed by atoms with E-state index in [9.17, 15) is 4.79 Å². The van der Waals surface area contributed by atoms with Crippen LogP contribution in [-0.2, 0) is 0 Å². The predicted molar refractivity (Wildman–Crippen MR) is 163 cm³/mol. The third-order valence-corrected chi connectivity index (χ3v) is 7.80. The molecule has 0 aromatic heterocycles. The topological polar surface area (TPSA) is 78.8 Å². The number of methoxy groups -OCH3 is 3. The molecule has 1 fully saturated rings. The van der Waals surface area contributed by atoms with Crippen molar-refractivity contribution >= 4 is 28.6 Å². The smallest absolute Gasteiger partial charge is 0.256 e. The minimum atomic E-state index is -0.00387. The fourth-order valence-corrected chi connectivity index (χ4v) is 5.56. The Balaban J connectivity index is 1.07. The molecule has 216 valence electrons. The summed E-state index contributed by atoms with van der Waals surface area (Å²) < 4.78 is 28.4. The van der Waals surface area contributed by atoms with Crippen molar-refractivity contribution < 1.29 is 28.5 Å². The molecule has 1 atom stereocenters. The number of benzene rings is 4. The predicted octanol–water partition coefficient (Wildman–Crippen LogP) is 6.70. The minimum absolute atomic E-state index is 0.00387. The molecular formula is C34H34N2O6.